The molecule has 0 aromatic carbocycles. The van der Waals surface area contributed by atoms with E-state index in [0.29, 0.717) is 17.9 Å². The molecular weight excluding hydrogens is 254 g/mol. The highest BCUT2D eigenvalue weighted by atomic mass is 16.4. The molecular formula is C16H25NO3. The van der Waals surface area contributed by atoms with E-state index in [1.807, 2.05) is 6.92 Å². The number of carbonyl (C=O) groups is 1. The van der Waals surface area contributed by atoms with E-state index >= 15 is 0 Å². The standard InChI is InChI=1S/C16H25NO3/c1-4-6-7-8-10-17-13-11-12(3)20-16(19)15(13)14(18)9-5-2/h11,17H,4-10H2,1-3H3. The molecule has 1 heterocycles. The van der Waals surface area contributed by atoms with Crippen LogP contribution in [0.5, 0.6) is 0 Å². The second-order valence-corrected chi connectivity index (χ2v) is 5.09. The van der Waals surface area contributed by atoms with Crippen LogP contribution >= 0.6 is 0 Å². The van der Waals surface area contributed by atoms with Gasteiger partial charge in [-0.05, 0) is 19.8 Å². The molecule has 4 heteroatoms. The maximum atomic E-state index is 12.0. The first kappa shape index (κ1) is 16.5. The molecule has 0 radical (unpaired) electrons. The van der Waals surface area contributed by atoms with Gasteiger partial charge in [0.25, 0.3) is 0 Å². The Hall–Kier alpha value is -1.58. The summed E-state index contributed by atoms with van der Waals surface area (Å²) >= 11 is 0. The Morgan fingerprint density at radius 2 is 1.95 bits per heavy atom. The van der Waals surface area contributed by atoms with Gasteiger partial charge in [0.05, 0.1) is 5.69 Å². The maximum Gasteiger partial charge on any atom is 0.348 e. The number of nitrogens with one attached hydrogen (secondary N) is 1. The first-order chi connectivity index (χ1) is 9.60. The normalized spacial score (nSPS) is 10.6. The van der Waals surface area contributed by atoms with Crippen molar-refractivity contribution in [3.05, 3.63) is 27.8 Å². The molecule has 0 saturated carbocycles. The van der Waals surface area contributed by atoms with Gasteiger partial charge >= 0.3 is 5.63 Å². The van der Waals surface area contributed by atoms with Crippen LogP contribution in [0, 0.1) is 6.92 Å². The number of rotatable bonds is 9. The van der Waals surface area contributed by atoms with E-state index in [-0.39, 0.29) is 11.3 Å². The molecule has 0 fully saturated rings. The molecule has 1 N–H and O–H groups in total. The molecule has 1 aromatic rings. The quantitative estimate of drug-likeness (QED) is 0.549. The van der Waals surface area contributed by atoms with Crippen LogP contribution in [0.2, 0.25) is 0 Å². The van der Waals surface area contributed by atoms with E-state index in [1.54, 1.807) is 13.0 Å². The number of aryl methyl sites for hydroxylation is 1. The molecule has 112 valence electrons. The average molecular weight is 279 g/mol. The van der Waals surface area contributed by atoms with Gasteiger partial charge in [0, 0.05) is 19.0 Å². The first-order valence-corrected chi connectivity index (χ1v) is 7.52. The fraction of sp³-hybridized carbons (Fsp3) is 0.625. The molecule has 0 unspecified atom stereocenters. The molecule has 1 aromatic heterocycles. The highest BCUT2D eigenvalue weighted by molar-refractivity contribution is 6.00. The van der Waals surface area contributed by atoms with Crippen molar-refractivity contribution in [1.82, 2.24) is 0 Å². The third kappa shape index (κ3) is 4.83. The maximum absolute atomic E-state index is 12.0. The Balaban J connectivity index is 2.82. The molecule has 20 heavy (non-hydrogen) atoms. The number of hydrogen-bond donors (Lipinski definition) is 1. The minimum Gasteiger partial charge on any atom is -0.428 e. The monoisotopic (exact) mass is 279 g/mol. The largest absolute Gasteiger partial charge is 0.428 e. The Kier molecular flexibility index (Phi) is 7.05. The van der Waals surface area contributed by atoms with Crippen LogP contribution < -0.4 is 10.9 Å². The summed E-state index contributed by atoms with van der Waals surface area (Å²) in [6.07, 6.45) is 5.69. The fourth-order valence-corrected chi connectivity index (χ4v) is 2.14. The van der Waals surface area contributed by atoms with E-state index in [2.05, 4.69) is 12.2 Å². The lowest BCUT2D eigenvalue weighted by Crippen LogP contribution is -2.18. The predicted molar refractivity (Wildman–Crippen MR) is 81.6 cm³/mol. The van der Waals surface area contributed by atoms with Gasteiger partial charge in [-0.25, -0.2) is 4.79 Å². The van der Waals surface area contributed by atoms with Gasteiger partial charge in [0.2, 0.25) is 0 Å². The van der Waals surface area contributed by atoms with Gasteiger partial charge < -0.3 is 9.73 Å². The van der Waals surface area contributed by atoms with E-state index in [4.69, 9.17) is 4.42 Å². The van der Waals surface area contributed by atoms with Gasteiger partial charge in [0.1, 0.15) is 11.3 Å². The summed E-state index contributed by atoms with van der Waals surface area (Å²) in [5.74, 6) is 0.386. The fourth-order valence-electron chi connectivity index (χ4n) is 2.14. The van der Waals surface area contributed by atoms with Crippen LogP contribution in [0.15, 0.2) is 15.3 Å². The lowest BCUT2D eigenvalue weighted by atomic mass is 10.1. The van der Waals surface area contributed by atoms with E-state index in [1.165, 1.54) is 12.8 Å². The SMILES string of the molecule is CCCCCCNc1cc(C)oc(=O)c1C(=O)CCC. The summed E-state index contributed by atoms with van der Waals surface area (Å²) < 4.78 is 5.04. The minimum atomic E-state index is -0.528. The number of hydrogen-bond acceptors (Lipinski definition) is 4. The number of Topliss-reactive ketones (excluding diaryl/α,β-unsaturated/α-hetero) is 1. The zero-order chi connectivity index (χ0) is 15.0. The smallest absolute Gasteiger partial charge is 0.348 e. The third-order valence-corrected chi connectivity index (χ3v) is 3.18. The predicted octanol–water partition coefficient (Wildman–Crippen LogP) is 3.92. The molecule has 0 amide bonds. The van der Waals surface area contributed by atoms with Crippen molar-refractivity contribution < 1.29 is 9.21 Å². The Bertz CT molecular complexity index is 491. The minimum absolute atomic E-state index is 0.141. The van der Waals surface area contributed by atoms with Crippen LogP contribution in [0.1, 0.15) is 68.5 Å². The number of carbonyl (C=O) groups excluding carboxylic acids is 1. The zero-order valence-electron chi connectivity index (χ0n) is 12.8. The molecule has 4 nitrogen and oxygen atoms in total. The molecule has 0 aliphatic carbocycles. The molecule has 0 aliphatic heterocycles. The summed E-state index contributed by atoms with van der Waals surface area (Å²) in [7, 11) is 0. The van der Waals surface area contributed by atoms with Crippen molar-refractivity contribution in [2.45, 2.75) is 59.3 Å². The van der Waals surface area contributed by atoms with E-state index in [9.17, 15) is 9.59 Å². The number of unbranched alkanes of at least 4 members (excludes halogenated alkanes) is 3. The zero-order valence-corrected chi connectivity index (χ0v) is 12.8. The number of anilines is 1. The second kappa shape index (κ2) is 8.56. The van der Waals surface area contributed by atoms with Crippen LogP contribution in [0.4, 0.5) is 5.69 Å². The topological polar surface area (TPSA) is 59.3 Å². The summed E-state index contributed by atoms with van der Waals surface area (Å²) in [4.78, 5) is 23.9. The van der Waals surface area contributed by atoms with E-state index < -0.39 is 5.63 Å². The number of ketones is 1. The van der Waals surface area contributed by atoms with Crippen molar-refractivity contribution >= 4 is 11.5 Å². The van der Waals surface area contributed by atoms with Gasteiger partial charge in [-0.15, -0.1) is 0 Å². The Labute approximate surface area is 120 Å². The van der Waals surface area contributed by atoms with Gasteiger partial charge in [-0.1, -0.05) is 33.1 Å². The van der Waals surface area contributed by atoms with Crippen molar-refractivity contribution in [2.75, 3.05) is 11.9 Å². The van der Waals surface area contributed by atoms with Gasteiger partial charge in [0.15, 0.2) is 5.78 Å². The third-order valence-electron chi connectivity index (χ3n) is 3.18. The molecule has 1 rings (SSSR count). The van der Waals surface area contributed by atoms with Crippen molar-refractivity contribution in [2.24, 2.45) is 0 Å². The van der Waals surface area contributed by atoms with E-state index in [0.717, 1.165) is 25.8 Å². The summed E-state index contributed by atoms with van der Waals surface area (Å²) in [6.45, 7) is 6.58. The lowest BCUT2D eigenvalue weighted by Gasteiger charge is -2.10. The van der Waals surface area contributed by atoms with Crippen molar-refractivity contribution in [1.29, 1.82) is 0 Å². The first-order valence-electron chi connectivity index (χ1n) is 7.52. The molecule has 0 aliphatic rings. The Morgan fingerprint density at radius 1 is 1.20 bits per heavy atom. The molecule has 0 bridgehead atoms. The van der Waals surface area contributed by atoms with Crippen LogP contribution in [-0.4, -0.2) is 12.3 Å². The van der Waals surface area contributed by atoms with Crippen molar-refractivity contribution in [3.8, 4) is 0 Å². The lowest BCUT2D eigenvalue weighted by molar-refractivity contribution is 0.0978. The summed E-state index contributed by atoms with van der Waals surface area (Å²) in [5.41, 5.74) is 0.265. The van der Waals surface area contributed by atoms with Gasteiger partial charge in [-0.3, -0.25) is 4.79 Å². The van der Waals surface area contributed by atoms with Crippen molar-refractivity contribution in [3.63, 3.8) is 0 Å². The summed E-state index contributed by atoms with van der Waals surface area (Å²) in [6, 6.07) is 1.74. The molecule has 0 spiro atoms. The highest BCUT2D eigenvalue weighted by Gasteiger charge is 2.17. The second-order valence-electron chi connectivity index (χ2n) is 5.09. The van der Waals surface area contributed by atoms with Crippen LogP contribution in [-0.2, 0) is 0 Å². The van der Waals surface area contributed by atoms with Crippen LogP contribution in [0.25, 0.3) is 0 Å². The Morgan fingerprint density at radius 3 is 2.60 bits per heavy atom. The highest BCUT2D eigenvalue weighted by Crippen LogP contribution is 2.16. The van der Waals surface area contributed by atoms with Crippen LogP contribution in [0.3, 0.4) is 0 Å². The average Bonchev–Trinajstić information content (AvgIpc) is 2.38. The summed E-state index contributed by atoms with van der Waals surface area (Å²) in [5, 5.41) is 3.21. The molecule has 0 atom stereocenters. The molecule has 0 saturated heterocycles. The van der Waals surface area contributed by atoms with Gasteiger partial charge in [-0.2, -0.15) is 0 Å².